The van der Waals surface area contributed by atoms with Gasteiger partial charge in [-0.3, -0.25) is 4.79 Å². The molecule has 0 saturated heterocycles. The van der Waals surface area contributed by atoms with Crippen LogP contribution >= 0.6 is 0 Å². The lowest BCUT2D eigenvalue weighted by Crippen LogP contribution is -2.36. The van der Waals surface area contributed by atoms with E-state index < -0.39 is 11.9 Å². The normalized spacial score (nSPS) is 11.9. The molecule has 0 spiro atoms. The second-order valence-electron chi connectivity index (χ2n) is 4.44. The zero-order chi connectivity index (χ0) is 14.4. The quantitative estimate of drug-likeness (QED) is 0.719. The summed E-state index contributed by atoms with van der Waals surface area (Å²) in [6, 6.07) is -0.336. The van der Waals surface area contributed by atoms with E-state index in [2.05, 4.69) is 15.8 Å². The highest BCUT2D eigenvalue weighted by molar-refractivity contribution is 5.74. The van der Waals surface area contributed by atoms with E-state index in [9.17, 15) is 9.59 Å². The predicted molar refractivity (Wildman–Crippen MR) is 67.6 cm³/mol. The molecule has 1 aromatic rings. The van der Waals surface area contributed by atoms with Gasteiger partial charge in [0, 0.05) is 18.7 Å². The van der Waals surface area contributed by atoms with Crippen molar-refractivity contribution in [2.24, 2.45) is 5.92 Å². The first kappa shape index (κ1) is 15.0. The lowest BCUT2D eigenvalue weighted by atomic mass is 10.1. The first-order valence-electron chi connectivity index (χ1n) is 6.08. The van der Waals surface area contributed by atoms with Crippen LogP contribution in [0.25, 0.3) is 0 Å². The number of amides is 2. The minimum absolute atomic E-state index is 0.320. The fraction of sp³-hybridized carbons (Fsp3) is 0.583. The predicted octanol–water partition coefficient (Wildman–Crippen LogP) is 1.20. The summed E-state index contributed by atoms with van der Waals surface area (Å²) >= 11 is 0. The average Bonchev–Trinajstić information content (AvgIpc) is 2.66. The number of aryl methyl sites for hydroxylation is 2. The van der Waals surface area contributed by atoms with E-state index in [4.69, 9.17) is 9.63 Å². The fourth-order valence-corrected chi connectivity index (χ4v) is 1.51. The van der Waals surface area contributed by atoms with Gasteiger partial charge in [0.25, 0.3) is 0 Å². The molecule has 1 heterocycles. The van der Waals surface area contributed by atoms with Gasteiger partial charge in [-0.15, -0.1) is 0 Å². The summed E-state index contributed by atoms with van der Waals surface area (Å²) in [6.07, 6.45) is 0.397. The van der Waals surface area contributed by atoms with Crippen molar-refractivity contribution >= 4 is 12.0 Å². The molecule has 0 fully saturated rings. The molecular formula is C12H19N3O4. The second kappa shape index (κ2) is 6.77. The highest BCUT2D eigenvalue weighted by Gasteiger charge is 2.12. The van der Waals surface area contributed by atoms with Crippen LogP contribution in [-0.4, -0.2) is 28.8 Å². The van der Waals surface area contributed by atoms with Gasteiger partial charge in [-0.25, -0.2) is 4.79 Å². The van der Waals surface area contributed by atoms with Crippen LogP contribution in [0.2, 0.25) is 0 Å². The largest absolute Gasteiger partial charge is 0.481 e. The van der Waals surface area contributed by atoms with Crippen molar-refractivity contribution in [3.05, 3.63) is 17.0 Å². The lowest BCUT2D eigenvalue weighted by Gasteiger charge is -2.09. The van der Waals surface area contributed by atoms with Crippen LogP contribution < -0.4 is 10.6 Å². The van der Waals surface area contributed by atoms with Crippen LogP contribution in [0.3, 0.4) is 0 Å². The number of carbonyl (C=O) groups is 2. The smallest absolute Gasteiger partial charge is 0.315 e. The molecule has 7 nitrogen and oxygen atoms in total. The summed E-state index contributed by atoms with van der Waals surface area (Å²) in [4.78, 5) is 22.1. The van der Waals surface area contributed by atoms with Gasteiger partial charge in [-0.1, -0.05) is 12.1 Å². The molecule has 0 aliphatic heterocycles. The summed E-state index contributed by atoms with van der Waals surface area (Å²) in [5, 5.41) is 17.8. The Kier molecular flexibility index (Phi) is 5.35. The third kappa shape index (κ3) is 4.61. The number of hydrogen-bond acceptors (Lipinski definition) is 4. The number of aromatic nitrogens is 1. The van der Waals surface area contributed by atoms with E-state index in [0.29, 0.717) is 25.3 Å². The molecule has 106 valence electrons. The van der Waals surface area contributed by atoms with Crippen LogP contribution in [0.1, 0.15) is 30.4 Å². The molecule has 0 bridgehead atoms. The summed E-state index contributed by atoms with van der Waals surface area (Å²) < 4.78 is 4.98. The van der Waals surface area contributed by atoms with Gasteiger partial charge in [-0.05, 0) is 20.3 Å². The molecule has 0 saturated carbocycles. The first-order chi connectivity index (χ1) is 8.91. The SMILES string of the molecule is Cc1noc(C)c1CNC(=O)NCCC(C)C(=O)O. The zero-order valence-corrected chi connectivity index (χ0v) is 11.3. The van der Waals surface area contributed by atoms with Gasteiger partial charge in [0.15, 0.2) is 0 Å². The maximum absolute atomic E-state index is 11.5. The van der Waals surface area contributed by atoms with Crippen molar-refractivity contribution in [2.45, 2.75) is 33.7 Å². The Morgan fingerprint density at radius 3 is 2.58 bits per heavy atom. The number of carbonyl (C=O) groups excluding carboxylic acids is 1. The van der Waals surface area contributed by atoms with Crippen LogP contribution in [0.5, 0.6) is 0 Å². The molecule has 0 aliphatic carbocycles. The number of urea groups is 1. The van der Waals surface area contributed by atoms with Gasteiger partial charge in [0.1, 0.15) is 5.76 Å². The number of rotatable bonds is 6. The van der Waals surface area contributed by atoms with Crippen molar-refractivity contribution in [1.82, 2.24) is 15.8 Å². The monoisotopic (exact) mass is 269 g/mol. The summed E-state index contributed by atoms with van der Waals surface area (Å²) in [7, 11) is 0. The Bertz CT molecular complexity index is 436. The number of aliphatic carboxylic acids is 1. The molecule has 3 N–H and O–H groups in total. The number of carboxylic acid groups (broad SMARTS) is 1. The maximum atomic E-state index is 11.5. The first-order valence-corrected chi connectivity index (χ1v) is 6.08. The minimum atomic E-state index is -0.863. The second-order valence-corrected chi connectivity index (χ2v) is 4.44. The maximum Gasteiger partial charge on any atom is 0.315 e. The molecule has 1 aromatic heterocycles. The number of hydrogen-bond donors (Lipinski definition) is 3. The van der Waals surface area contributed by atoms with E-state index in [1.807, 2.05) is 0 Å². The number of carboxylic acids is 1. The van der Waals surface area contributed by atoms with Crippen LogP contribution in [0.15, 0.2) is 4.52 Å². The fourth-order valence-electron chi connectivity index (χ4n) is 1.51. The lowest BCUT2D eigenvalue weighted by molar-refractivity contribution is -0.141. The highest BCUT2D eigenvalue weighted by Crippen LogP contribution is 2.11. The molecule has 2 amide bonds. The Morgan fingerprint density at radius 1 is 1.37 bits per heavy atom. The van der Waals surface area contributed by atoms with Gasteiger partial charge in [-0.2, -0.15) is 0 Å². The van der Waals surface area contributed by atoms with E-state index in [1.54, 1.807) is 20.8 Å². The van der Waals surface area contributed by atoms with E-state index in [-0.39, 0.29) is 6.03 Å². The topological polar surface area (TPSA) is 104 Å². The summed E-state index contributed by atoms with van der Waals surface area (Å²) in [6.45, 7) is 5.84. The highest BCUT2D eigenvalue weighted by atomic mass is 16.5. The van der Waals surface area contributed by atoms with Crippen molar-refractivity contribution in [3.63, 3.8) is 0 Å². The molecule has 7 heteroatoms. The Hall–Kier alpha value is -2.05. The number of nitrogens with zero attached hydrogens (tertiary/aromatic N) is 1. The molecule has 0 radical (unpaired) electrons. The minimum Gasteiger partial charge on any atom is -0.481 e. The van der Waals surface area contributed by atoms with Gasteiger partial charge < -0.3 is 20.3 Å². The van der Waals surface area contributed by atoms with E-state index in [0.717, 1.165) is 11.3 Å². The van der Waals surface area contributed by atoms with Crippen LogP contribution in [-0.2, 0) is 11.3 Å². The molecule has 1 rings (SSSR count). The van der Waals surface area contributed by atoms with Gasteiger partial charge in [0.05, 0.1) is 11.6 Å². The standard InChI is InChI=1S/C12H19N3O4/c1-7(11(16)17)4-5-13-12(18)14-6-10-8(2)15-19-9(10)3/h7H,4-6H2,1-3H3,(H,16,17)(H2,13,14,18). The Labute approximate surface area is 111 Å². The van der Waals surface area contributed by atoms with Crippen molar-refractivity contribution in [2.75, 3.05) is 6.54 Å². The van der Waals surface area contributed by atoms with Crippen molar-refractivity contribution in [1.29, 1.82) is 0 Å². The Morgan fingerprint density at radius 2 is 2.05 bits per heavy atom. The van der Waals surface area contributed by atoms with Gasteiger partial charge in [0.2, 0.25) is 0 Å². The number of nitrogens with one attached hydrogen (secondary N) is 2. The third-order valence-electron chi connectivity index (χ3n) is 2.89. The molecular weight excluding hydrogens is 250 g/mol. The van der Waals surface area contributed by atoms with Crippen molar-refractivity contribution in [3.8, 4) is 0 Å². The average molecular weight is 269 g/mol. The molecule has 0 aliphatic rings. The third-order valence-corrected chi connectivity index (χ3v) is 2.89. The molecule has 19 heavy (non-hydrogen) atoms. The van der Waals surface area contributed by atoms with Crippen LogP contribution in [0, 0.1) is 19.8 Å². The Balaban J connectivity index is 2.27. The summed E-state index contributed by atoms with van der Waals surface area (Å²) in [5.41, 5.74) is 1.60. The van der Waals surface area contributed by atoms with Crippen LogP contribution in [0.4, 0.5) is 4.79 Å². The van der Waals surface area contributed by atoms with Crippen molar-refractivity contribution < 1.29 is 19.2 Å². The summed E-state index contributed by atoms with van der Waals surface area (Å²) in [5.74, 6) is -0.655. The zero-order valence-electron chi connectivity index (χ0n) is 11.3. The van der Waals surface area contributed by atoms with Gasteiger partial charge >= 0.3 is 12.0 Å². The van der Waals surface area contributed by atoms with E-state index >= 15 is 0 Å². The molecule has 1 unspecified atom stereocenters. The molecule has 0 aromatic carbocycles. The molecule has 1 atom stereocenters. The van der Waals surface area contributed by atoms with E-state index in [1.165, 1.54) is 0 Å².